The van der Waals surface area contributed by atoms with Crippen LogP contribution in [0.25, 0.3) is 0 Å². The SMILES string of the molecule is O=C(CCCl)N1CCN([C@@H]2CCSC2)CC1. The molecule has 92 valence electrons. The van der Waals surface area contributed by atoms with Crippen LogP contribution in [0.4, 0.5) is 0 Å². The van der Waals surface area contributed by atoms with Gasteiger partial charge in [0.2, 0.25) is 5.91 Å². The van der Waals surface area contributed by atoms with Gasteiger partial charge in [0.25, 0.3) is 0 Å². The van der Waals surface area contributed by atoms with Gasteiger partial charge in [0.05, 0.1) is 0 Å². The third-order valence-electron chi connectivity index (χ3n) is 3.40. The van der Waals surface area contributed by atoms with E-state index in [9.17, 15) is 4.79 Å². The quantitative estimate of drug-likeness (QED) is 0.716. The van der Waals surface area contributed by atoms with Crippen molar-refractivity contribution in [3.63, 3.8) is 0 Å². The van der Waals surface area contributed by atoms with Gasteiger partial charge in [0, 0.05) is 50.3 Å². The summed E-state index contributed by atoms with van der Waals surface area (Å²) in [6.45, 7) is 3.85. The number of carbonyl (C=O) groups is 1. The van der Waals surface area contributed by atoms with Crippen molar-refractivity contribution in [2.45, 2.75) is 18.9 Å². The molecule has 2 fully saturated rings. The highest BCUT2D eigenvalue weighted by Gasteiger charge is 2.27. The van der Waals surface area contributed by atoms with Crippen LogP contribution in [0.3, 0.4) is 0 Å². The second-order valence-electron chi connectivity index (χ2n) is 4.37. The summed E-state index contributed by atoms with van der Waals surface area (Å²) in [4.78, 5) is 16.2. The van der Waals surface area contributed by atoms with Gasteiger partial charge in [-0.05, 0) is 12.2 Å². The summed E-state index contributed by atoms with van der Waals surface area (Å²) in [5, 5.41) is 0. The standard InChI is InChI=1S/C11H19ClN2OS/c12-3-1-11(15)14-6-4-13(5-7-14)10-2-8-16-9-10/h10H,1-9H2/t10-/m1/s1. The lowest BCUT2D eigenvalue weighted by molar-refractivity contribution is -0.132. The van der Waals surface area contributed by atoms with Gasteiger partial charge in [0.1, 0.15) is 0 Å². The molecule has 0 N–H and O–H groups in total. The van der Waals surface area contributed by atoms with Crippen LogP contribution in [0.1, 0.15) is 12.8 Å². The lowest BCUT2D eigenvalue weighted by atomic mass is 10.2. The maximum absolute atomic E-state index is 11.6. The molecule has 2 aliphatic rings. The van der Waals surface area contributed by atoms with Crippen LogP contribution < -0.4 is 0 Å². The normalized spacial score (nSPS) is 27.3. The molecule has 2 rings (SSSR count). The summed E-state index contributed by atoms with van der Waals surface area (Å²) < 4.78 is 0. The second kappa shape index (κ2) is 6.12. The van der Waals surface area contributed by atoms with Crippen LogP contribution in [-0.2, 0) is 4.79 Å². The Morgan fingerprint density at radius 1 is 1.31 bits per heavy atom. The lowest BCUT2D eigenvalue weighted by Gasteiger charge is -2.37. The van der Waals surface area contributed by atoms with Gasteiger partial charge in [-0.2, -0.15) is 11.8 Å². The van der Waals surface area contributed by atoms with Crippen LogP contribution in [0.5, 0.6) is 0 Å². The molecular formula is C11H19ClN2OS. The van der Waals surface area contributed by atoms with Crippen LogP contribution >= 0.6 is 23.4 Å². The van der Waals surface area contributed by atoms with E-state index in [2.05, 4.69) is 16.7 Å². The molecule has 0 aromatic rings. The van der Waals surface area contributed by atoms with Crippen LogP contribution in [-0.4, -0.2) is 65.3 Å². The Kier molecular flexibility index (Phi) is 4.79. The minimum Gasteiger partial charge on any atom is -0.340 e. The largest absolute Gasteiger partial charge is 0.340 e. The number of thioether (sulfide) groups is 1. The number of carbonyl (C=O) groups excluding carboxylic acids is 1. The van der Waals surface area contributed by atoms with Crippen molar-refractivity contribution >= 4 is 29.3 Å². The highest BCUT2D eigenvalue weighted by Crippen LogP contribution is 2.23. The summed E-state index contributed by atoms with van der Waals surface area (Å²) in [6.07, 6.45) is 1.81. The van der Waals surface area contributed by atoms with Gasteiger partial charge >= 0.3 is 0 Å². The molecule has 0 aromatic heterocycles. The first-order chi connectivity index (χ1) is 7.81. The molecule has 1 amide bonds. The van der Waals surface area contributed by atoms with E-state index >= 15 is 0 Å². The number of halogens is 1. The van der Waals surface area contributed by atoms with Crippen molar-refractivity contribution < 1.29 is 4.79 Å². The average Bonchev–Trinajstić information content (AvgIpc) is 2.83. The predicted molar refractivity (Wildman–Crippen MR) is 69.2 cm³/mol. The molecule has 0 unspecified atom stereocenters. The molecule has 5 heteroatoms. The lowest BCUT2D eigenvalue weighted by Crippen LogP contribution is -2.52. The minimum atomic E-state index is 0.218. The number of amides is 1. The topological polar surface area (TPSA) is 23.6 Å². The number of alkyl halides is 1. The summed E-state index contributed by atoms with van der Waals surface area (Å²) in [6, 6.07) is 0.760. The van der Waals surface area contributed by atoms with Crippen molar-refractivity contribution in [1.29, 1.82) is 0 Å². The fourth-order valence-corrected chi connectivity index (χ4v) is 3.80. The maximum Gasteiger partial charge on any atom is 0.223 e. The molecule has 1 atom stereocenters. The average molecular weight is 263 g/mol. The van der Waals surface area contributed by atoms with Crippen LogP contribution in [0.2, 0.25) is 0 Å². The molecule has 0 saturated carbocycles. The van der Waals surface area contributed by atoms with Gasteiger partial charge in [-0.1, -0.05) is 0 Å². The van der Waals surface area contributed by atoms with Crippen LogP contribution in [0.15, 0.2) is 0 Å². The van der Waals surface area contributed by atoms with E-state index in [1.165, 1.54) is 17.9 Å². The predicted octanol–water partition coefficient (Wildman–Crippen LogP) is 1.27. The van der Waals surface area contributed by atoms with Crippen molar-refractivity contribution in [2.75, 3.05) is 43.6 Å². The Labute approximate surface area is 106 Å². The summed E-state index contributed by atoms with van der Waals surface area (Å²) in [5.74, 6) is 3.24. The molecule has 2 heterocycles. The van der Waals surface area contributed by atoms with Gasteiger partial charge in [-0.15, -0.1) is 11.6 Å². The Bertz CT molecular complexity index is 238. The summed E-state index contributed by atoms with van der Waals surface area (Å²) >= 11 is 7.64. The van der Waals surface area contributed by atoms with E-state index in [0.717, 1.165) is 32.2 Å². The molecule has 16 heavy (non-hydrogen) atoms. The molecule has 0 radical (unpaired) electrons. The first-order valence-electron chi connectivity index (χ1n) is 5.97. The van der Waals surface area contributed by atoms with Gasteiger partial charge in [-0.3, -0.25) is 9.69 Å². The molecule has 0 spiro atoms. The number of piperazine rings is 1. The zero-order valence-electron chi connectivity index (χ0n) is 9.53. The third kappa shape index (κ3) is 3.05. The molecule has 3 nitrogen and oxygen atoms in total. The summed E-state index contributed by atoms with van der Waals surface area (Å²) in [7, 11) is 0. The van der Waals surface area contributed by atoms with Crippen molar-refractivity contribution in [3.8, 4) is 0 Å². The van der Waals surface area contributed by atoms with E-state index in [0.29, 0.717) is 12.3 Å². The fraction of sp³-hybridized carbons (Fsp3) is 0.909. The Balaban J connectivity index is 1.75. The minimum absolute atomic E-state index is 0.218. The monoisotopic (exact) mass is 262 g/mol. The Morgan fingerprint density at radius 2 is 2.06 bits per heavy atom. The number of rotatable bonds is 3. The van der Waals surface area contributed by atoms with Gasteiger partial charge < -0.3 is 4.90 Å². The number of nitrogens with zero attached hydrogens (tertiary/aromatic N) is 2. The zero-order valence-corrected chi connectivity index (χ0v) is 11.1. The number of hydrogen-bond acceptors (Lipinski definition) is 3. The molecule has 2 aliphatic heterocycles. The third-order valence-corrected chi connectivity index (χ3v) is 4.73. The van der Waals surface area contributed by atoms with E-state index in [1.807, 2.05) is 4.90 Å². The molecule has 2 saturated heterocycles. The van der Waals surface area contributed by atoms with Crippen molar-refractivity contribution in [2.24, 2.45) is 0 Å². The van der Waals surface area contributed by atoms with E-state index in [4.69, 9.17) is 11.6 Å². The maximum atomic E-state index is 11.6. The summed E-state index contributed by atoms with van der Waals surface area (Å²) in [5.41, 5.74) is 0. The van der Waals surface area contributed by atoms with E-state index in [-0.39, 0.29) is 5.91 Å². The highest BCUT2D eigenvalue weighted by atomic mass is 35.5. The first-order valence-corrected chi connectivity index (χ1v) is 7.65. The molecule has 0 bridgehead atoms. The van der Waals surface area contributed by atoms with E-state index < -0.39 is 0 Å². The fourth-order valence-electron chi connectivity index (χ4n) is 2.39. The molecule has 0 aliphatic carbocycles. The zero-order chi connectivity index (χ0) is 11.4. The number of hydrogen-bond donors (Lipinski definition) is 0. The Hall–Kier alpha value is 0.0700. The molecular weight excluding hydrogens is 244 g/mol. The second-order valence-corrected chi connectivity index (χ2v) is 5.90. The van der Waals surface area contributed by atoms with Crippen molar-refractivity contribution in [3.05, 3.63) is 0 Å². The molecule has 0 aromatic carbocycles. The highest BCUT2D eigenvalue weighted by molar-refractivity contribution is 7.99. The van der Waals surface area contributed by atoms with Crippen molar-refractivity contribution in [1.82, 2.24) is 9.80 Å². The van der Waals surface area contributed by atoms with E-state index in [1.54, 1.807) is 0 Å². The smallest absolute Gasteiger partial charge is 0.223 e. The first kappa shape index (κ1) is 12.5. The van der Waals surface area contributed by atoms with Gasteiger partial charge in [-0.25, -0.2) is 0 Å². The van der Waals surface area contributed by atoms with Crippen LogP contribution in [0, 0.1) is 0 Å². The van der Waals surface area contributed by atoms with Gasteiger partial charge in [0.15, 0.2) is 0 Å². The Morgan fingerprint density at radius 3 is 2.62 bits per heavy atom.